The molecule has 4 aromatic rings. The standard InChI is InChI=1S/C41H34Cl3N3O5S/c1-4-6-17-30(5-2)47-40(50)31(20-27-22-34(44)38(35(23-27)51-3)52-24-26-18-19-32(42)33(43)21-26)39(49)46-41(47)53-25-36(48)45-37(28-13-9-7-10-14-28)29-15-11-8-12-16-29/h4-23,37H,1,24-25H2,2-3H3,(H,45,48)/b17-6-,30-5+,31-20+. The third kappa shape index (κ3) is 9.88. The Labute approximate surface area is 327 Å². The molecule has 8 nitrogen and oxygen atoms in total. The predicted molar refractivity (Wildman–Crippen MR) is 214 cm³/mol. The highest BCUT2D eigenvalue weighted by Gasteiger charge is 2.35. The van der Waals surface area contributed by atoms with Gasteiger partial charge in [-0.15, -0.1) is 0 Å². The van der Waals surface area contributed by atoms with Gasteiger partial charge in [0, 0.05) is 5.70 Å². The first-order valence-corrected chi connectivity index (χ1v) is 18.4. The molecule has 5 rings (SSSR count). The Morgan fingerprint density at radius 1 is 0.943 bits per heavy atom. The lowest BCUT2D eigenvalue weighted by Crippen LogP contribution is -2.42. The summed E-state index contributed by atoms with van der Waals surface area (Å²) < 4.78 is 11.5. The van der Waals surface area contributed by atoms with Crippen molar-refractivity contribution in [3.8, 4) is 11.5 Å². The number of methoxy groups -OCH3 is 1. The summed E-state index contributed by atoms with van der Waals surface area (Å²) in [5.74, 6) is -1.33. The van der Waals surface area contributed by atoms with Crippen molar-refractivity contribution in [3.63, 3.8) is 0 Å². The number of halogens is 3. The summed E-state index contributed by atoms with van der Waals surface area (Å²) in [5.41, 5.74) is 3.16. The number of thioether (sulfide) groups is 1. The summed E-state index contributed by atoms with van der Waals surface area (Å²) in [7, 11) is 1.45. The lowest BCUT2D eigenvalue weighted by molar-refractivity contribution is -0.126. The molecule has 1 heterocycles. The monoisotopic (exact) mass is 785 g/mol. The van der Waals surface area contributed by atoms with Gasteiger partial charge in [0.2, 0.25) is 5.91 Å². The number of nitrogens with one attached hydrogen (secondary N) is 1. The molecular formula is C41H34Cl3N3O5S. The second kappa shape index (κ2) is 18.6. The number of benzene rings is 4. The largest absolute Gasteiger partial charge is 0.493 e. The molecule has 3 amide bonds. The van der Waals surface area contributed by atoms with E-state index in [0.717, 1.165) is 28.5 Å². The smallest absolute Gasteiger partial charge is 0.285 e. The molecule has 1 aliphatic rings. The van der Waals surface area contributed by atoms with Crippen LogP contribution in [0.25, 0.3) is 6.08 Å². The summed E-state index contributed by atoms with van der Waals surface area (Å²) in [5, 5.41) is 4.12. The number of ether oxygens (including phenoxy) is 2. The van der Waals surface area contributed by atoms with Crippen LogP contribution in [0.4, 0.5) is 0 Å². The van der Waals surface area contributed by atoms with Gasteiger partial charge in [0.1, 0.15) is 12.2 Å². The average Bonchev–Trinajstić information content (AvgIpc) is 3.17. The van der Waals surface area contributed by atoms with Gasteiger partial charge in [-0.3, -0.25) is 19.3 Å². The van der Waals surface area contributed by atoms with E-state index >= 15 is 0 Å². The molecule has 1 N–H and O–H groups in total. The Bertz CT molecular complexity index is 2100. The van der Waals surface area contributed by atoms with Gasteiger partial charge in [-0.05, 0) is 65.6 Å². The van der Waals surface area contributed by atoms with E-state index in [1.54, 1.807) is 61.6 Å². The molecule has 12 heteroatoms. The molecule has 0 aliphatic carbocycles. The fourth-order valence-corrected chi connectivity index (χ4v) is 6.71. The summed E-state index contributed by atoms with van der Waals surface area (Å²) in [6.07, 6.45) is 7.96. The van der Waals surface area contributed by atoms with Gasteiger partial charge in [0.15, 0.2) is 16.7 Å². The minimum absolute atomic E-state index is 0.0479. The van der Waals surface area contributed by atoms with Gasteiger partial charge >= 0.3 is 0 Å². The maximum Gasteiger partial charge on any atom is 0.285 e. The highest BCUT2D eigenvalue weighted by Crippen LogP contribution is 2.38. The van der Waals surface area contributed by atoms with Crippen molar-refractivity contribution in [2.45, 2.75) is 19.6 Å². The first-order valence-electron chi connectivity index (χ1n) is 16.2. The fourth-order valence-electron chi connectivity index (χ4n) is 5.31. The molecule has 53 heavy (non-hydrogen) atoms. The summed E-state index contributed by atoms with van der Waals surface area (Å²) in [4.78, 5) is 46.7. The van der Waals surface area contributed by atoms with Crippen LogP contribution in [0.5, 0.6) is 11.5 Å². The van der Waals surface area contributed by atoms with Crippen molar-refractivity contribution < 1.29 is 23.9 Å². The Kier molecular flexibility index (Phi) is 13.8. The molecule has 0 bridgehead atoms. The molecule has 0 atom stereocenters. The number of allylic oxidation sites excluding steroid dienone is 4. The summed E-state index contributed by atoms with van der Waals surface area (Å²) >= 11 is 19.8. The van der Waals surface area contributed by atoms with E-state index < -0.39 is 17.9 Å². The fraction of sp³-hybridized carbons (Fsp3) is 0.122. The van der Waals surface area contributed by atoms with E-state index in [2.05, 4.69) is 16.9 Å². The van der Waals surface area contributed by atoms with E-state index in [4.69, 9.17) is 44.3 Å². The lowest BCUT2D eigenvalue weighted by atomic mass is 9.99. The number of rotatable bonds is 13. The van der Waals surface area contributed by atoms with Crippen molar-refractivity contribution in [2.24, 2.45) is 4.99 Å². The van der Waals surface area contributed by atoms with E-state index in [1.165, 1.54) is 18.1 Å². The molecule has 1 aliphatic heterocycles. The van der Waals surface area contributed by atoms with Crippen LogP contribution in [0.15, 0.2) is 138 Å². The van der Waals surface area contributed by atoms with E-state index in [-0.39, 0.29) is 45.5 Å². The molecule has 270 valence electrons. The maximum atomic E-state index is 14.2. The third-order valence-corrected chi connectivity index (χ3v) is 9.80. The number of amidine groups is 1. The number of aliphatic imine (C=N–C) groups is 1. The zero-order valence-corrected chi connectivity index (χ0v) is 31.8. The van der Waals surface area contributed by atoms with Crippen LogP contribution in [0.1, 0.15) is 35.2 Å². The van der Waals surface area contributed by atoms with Crippen LogP contribution >= 0.6 is 46.6 Å². The Hall–Kier alpha value is -5.06. The van der Waals surface area contributed by atoms with Gasteiger partial charge in [-0.2, -0.15) is 4.99 Å². The van der Waals surface area contributed by atoms with E-state index in [0.29, 0.717) is 21.3 Å². The number of hydrogen-bond donors (Lipinski definition) is 1. The molecule has 4 aromatic carbocycles. The normalized spacial score (nSPS) is 14.2. The minimum atomic E-state index is -0.779. The molecule has 0 unspecified atom stereocenters. The first-order chi connectivity index (χ1) is 25.6. The first kappa shape index (κ1) is 39.2. The van der Waals surface area contributed by atoms with Crippen molar-refractivity contribution in [3.05, 3.63) is 170 Å². The molecule has 0 fully saturated rings. The van der Waals surface area contributed by atoms with Crippen LogP contribution < -0.4 is 14.8 Å². The molecule has 0 saturated carbocycles. The average molecular weight is 787 g/mol. The van der Waals surface area contributed by atoms with E-state index in [9.17, 15) is 14.4 Å². The maximum absolute atomic E-state index is 14.2. The lowest BCUT2D eigenvalue weighted by Gasteiger charge is -2.28. The second-order valence-corrected chi connectivity index (χ2v) is 13.6. The van der Waals surface area contributed by atoms with Gasteiger partial charge in [-0.1, -0.05) is 138 Å². The zero-order valence-electron chi connectivity index (χ0n) is 28.7. The van der Waals surface area contributed by atoms with Crippen LogP contribution in [0.2, 0.25) is 15.1 Å². The summed E-state index contributed by atoms with van der Waals surface area (Å²) in [6.45, 7) is 5.59. The SMILES string of the molecule is C=C/C=C\C(=C/C)N1C(=O)/C(=C/c2cc(Cl)c(OCc3ccc(Cl)c(Cl)c3)c(OC)c2)C(=O)N=C1SCC(=O)NC(c1ccccc1)c1ccccc1. The number of hydrogen-bond acceptors (Lipinski definition) is 6. The molecular weight excluding hydrogens is 753 g/mol. The third-order valence-electron chi connectivity index (χ3n) is 7.84. The van der Waals surface area contributed by atoms with Gasteiger partial charge < -0.3 is 14.8 Å². The zero-order chi connectivity index (χ0) is 37.9. The predicted octanol–water partition coefficient (Wildman–Crippen LogP) is 9.63. The molecule has 0 aromatic heterocycles. The van der Waals surface area contributed by atoms with Crippen molar-refractivity contribution in [2.75, 3.05) is 12.9 Å². The number of nitrogens with zero attached hydrogens (tertiary/aromatic N) is 2. The number of carbonyl (C=O) groups is 3. The van der Waals surface area contributed by atoms with Crippen LogP contribution in [0.3, 0.4) is 0 Å². The molecule has 0 saturated heterocycles. The van der Waals surface area contributed by atoms with E-state index in [1.807, 2.05) is 60.7 Å². The van der Waals surface area contributed by atoms with Crippen LogP contribution in [-0.2, 0) is 21.0 Å². The van der Waals surface area contributed by atoms with Gasteiger partial charge in [0.05, 0.1) is 34.0 Å². The van der Waals surface area contributed by atoms with Crippen LogP contribution in [0, 0.1) is 0 Å². The van der Waals surface area contributed by atoms with Gasteiger partial charge in [0.25, 0.3) is 11.8 Å². The summed E-state index contributed by atoms with van der Waals surface area (Å²) in [6, 6.07) is 27.1. The topological polar surface area (TPSA) is 97.3 Å². The number of amides is 3. The van der Waals surface area contributed by atoms with Crippen LogP contribution in [-0.4, -0.2) is 40.7 Å². The second-order valence-electron chi connectivity index (χ2n) is 11.4. The van der Waals surface area contributed by atoms with Crippen molar-refractivity contribution >= 4 is 75.5 Å². The number of carbonyl (C=O) groups excluding carboxylic acids is 3. The van der Waals surface area contributed by atoms with Gasteiger partial charge in [-0.25, -0.2) is 0 Å². The quantitative estimate of drug-likeness (QED) is 0.0824. The van der Waals surface area contributed by atoms with Crippen molar-refractivity contribution in [1.29, 1.82) is 0 Å². The Morgan fingerprint density at radius 2 is 1.62 bits per heavy atom. The highest BCUT2D eigenvalue weighted by atomic mass is 35.5. The molecule has 0 spiro atoms. The highest BCUT2D eigenvalue weighted by molar-refractivity contribution is 8.14. The Morgan fingerprint density at radius 3 is 2.23 bits per heavy atom. The molecule has 0 radical (unpaired) electrons. The van der Waals surface area contributed by atoms with Crippen molar-refractivity contribution in [1.82, 2.24) is 10.2 Å². The Balaban J connectivity index is 1.41. The minimum Gasteiger partial charge on any atom is -0.493 e.